The molecule has 1 aliphatic rings. The molecule has 3 heterocycles. The van der Waals surface area contributed by atoms with E-state index >= 15 is 0 Å². The molecule has 0 spiro atoms. The van der Waals surface area contributed by atoms with Crippen LogP contribution in [0, 0.1) is 19.8 Å². The Morgan fingerprint density at radius 1 is 1.39 bits per heavy atom. The van der Waals surface area contributed by atoms with E-state index in [0.717, 1.165) is 54.1 Å². The van der Waals surface area contributed by atoms with Gasteiger partial charge in [-0.15, -0.1) is 11.3 Å². The van der Waals surface area contributed by atoms with Gasteiger partial charge in [0.2, 0.25) is 11.0 Å². The zero-order valence-electron chi connectivity index (χ0n) is 13.7. The van der Waals surface area contributed by atoms with Gasteiger partial charge in [-0.05, 0) is 32.6 Å². The van der Waals surface area contributed by atoms with Crippen molar-refractivity contribution in [3.63, 3.8) is 0 Å². The topological polar surface area (TPSA) is 51.0 Å². The van der Waals surface area contributed by atoms with Gasteiger partial charge in [-0.3, -0.25) is 4.79 Å². The number of rotatable bonds is 3. The second kappa shape index (κ2) is 6.61. The Balaban J connectivity index is 1.70. The smallest absolute Gasteiger partial charge is 0.228 e. The highest BCUT2D eigenvalue weighted by Crippen LogP contribution is 2.24. The lowest BCUT2D eigenvalue weighted by Gasteiger charge is -2.30. The predicted octanol–water partition coefficient (Wildman–Crippen LogP) is 3.40. The van der Waals surface area contributed by atoms with Crippen molar-refractivity contribution in [3.05, 3.63) is 27.5 Å². The lowest BCUT2D eigenvalue weighted by Crippen LogP contribution is -2.38. The molecule has 1 fully saturated rings. The SMILES string of the molecule is Cc1nn(-c2nc(CC(=O)N3CCC(C)CC3)cs2)c(C)c1Cl. The molecule has 1 amide bonds. The molecular weight excluding hydrogens is 332 g/mol. The van der Waals surface area contributed by atoms with Crippen molar-refractivity contribution in [2.24, 2.45) is 5.92 Å². The summed E-state index contributed by atoms with van der Waals surface area (Å²) < 4.78 is 1.75. The minimum Gasteiger partial charge on any atom is -0.342 e. The molecule has 3 rings (SSSR count). The molecule has 0 radical (unpaired) electrons. The summed E-state index contributed by atoms with van der Waals surface area (Å²) in [6, 6.07) is 0. The molecule has 2 aromatic rings. The summed E-state index contributed by atoms with van der Waals surface area (Å²) in [5, 5.41) is 7.77. The number of thiazole rings is 1. The molecule has 2 aromatic heterocycles. The Hall–Kier alpha value is -1.40. The fraction of sp³-hybridized carbons (Fsp3) is 0.562. The molecule has 1 aliphatic heterocycles. The van der Waals surface area contributed by atoms with E-state index in [9.17, 15) is 4.79 Å². The van der Waals surface area contributed by atoms with E-state index in [2.05, 4.69) is 17.0 Å². The molecule has 124 valence electrons. The van der Waals surface area contributed by atoms with Gasteiger partial charge in [0.25, 0.3) is 0 Å². The zero-order chi connectivity index (χ0) is 16.6. The van der Waals surface area contributed by atoms with E-state index in [0.29, 0.717) is 11.4 Å². The van der Waals surface area contributed by atoms with Gasteiger partial charge >= 0.3 is 0 Å². The van der Waals surface area contributed by atoms with Crippen LogP contribution in [0.4, 0.5) is 0 Å². The first-order valence-corrected chi connectivity index (χ1v) is 9.15. The van der Waals surface area contributed by atoms with Crippen molar-refractivity contribution < 1.29 is 4.79 Å². The number of aryl methyl sites for hydroxylation is 1. The molecule has 0 aromatic carbocycles. The van der Waals surface area contributed by atoms with Gasteiger partial charge in [0, 0.05) is 18.5 Å². The molecule has 0 bridgehead atoms. The van der Waals surface area contributed by atoms with Crippen LogP contribution in [-0.4, -0.2) is 38.7 Å². The normalized spacial score (nSPS) is 16.1. The van der Waals surface area contributed by atoms with Crippen LogP contribution < -0.4 is 0 Å². The van der Waals surface area contributed by atoms with Gasteiger partial charge in [-0.1, -0.05) is 18.5 Å². The summed E-state index contributed by atoms with van der Waals surface area (Å²) in [6.45, 7) is 7.77. The Bertz CT molecular complexity index is 716. The Kier molecular flexibility index (Phi) is 4.73. The lowest BCUT2D eigenvalue weighted by atomic mass is 9.99. The molecule has 0 unspecified atom stereocenters. The minimum absolute atomic E-state index is 0.167. The van der Waals surface area contributed by atoms with Gasteiger partial charge in [-0.2, -0.15) is 5.10 Å². The van der Waals surface area contributed by atoms with Crippen LogP contribution in [-0.2, 0) is 11.2 Å². The second-order valence-corrected chi connectivity index (χ2v) is 7.47. The first-order valence-electron chi connectivity index (χ1n) is 7.90. The second-order valence-electron chi connectivity index (χ2n) is 6.26. The first kappa shape index (κ1) is 16.5. The maximum Gasteiger partial charge on any atom is 0.228 e. The van der Waals surface area contributed by atoms with Crippen LogP contribution in [0.1, 0.15) is 36.8 Å². The third-order valence-electron chi connectivity index (χ3n) is 4.39. The van der Waals surface area contributed by atoms with E-state index in [-0.39, 0.29) is 5.91 Å². The number of carbonyl (C=O) groups is 1. The van der Waals surface area contributed by atoms with Gasteiger partial charge in [0.05, 0.1) is 28.5 Å². The van der Waals surface area contributed by atoms with Crippen LogP contribution in [0.25, 0.3) is 5.13 Å². The molecule has 1 saturated heterocycles. The number of amides is 1. The van der Waals surface area contributed by atoms with Gasteiger partial charge in [0.15, 0.2) is 0 Å². The number of likely N-dealkylation sites (tertiary alicyclic amines) is 1. The number of hydrogen-bond donors (Lipinski definition) is 0. The average Bonchev–Trinajstić information content (AvgIpc) is 3.08. The Morgan fingerprint density at radius 2 is 2.09 bits per heavy atom. The molecule has 7 heteroatoms. The highest BCUT2D eigenvalue weighted by Gasteiger charge is 2.21. The van der Waals surface area contributed by atoms with Gasteiger partial charge in [-0.25, -0.2) is 9.67 Å². The van der Waals surface area contributed by atoms with E-state index in [4.69, 9.17) is 11.6 Å². The van der Waals surface area contributed by atoms with Crippen LogP contribution in [0.5, 0.6) is 0 Å². The molecular formula is C16H21ClN4OS. The van der Waals surface area contributed by atoms with Crippen molar-refractivity contribution in [2.45, 2.75) is 40.0 Å². The van der Waals surface area contributed by atoms with E-state index in [1.807, 2.05) is 24.1 Å². The van der Waals surface area contributed by atoms with Gasteiger partial charge in [0.1, 0.15) is 0 Å². The van der Waals surface area contributed by atoms with E-state index in [1.165, 1.54) is 11.3 Å². The maximum absolute atomic E-state index is 12.4. The molecule has 0 N–H and O–H groups in total. The fourth-order valence-corrected chi connectivity index (χ4v) is 3.75. The van der Waals surface area contributed by atoms with Crippen LogP contribution in [0.3, 0.4) is 0 Å². The number of aromatic nitrogens is 3. The number of halogens is 1. The van der Waals surface area contributed by atoms with Crippen molar-refractivity contribution >= 4 is 28.8 Å². The fourth-order valence-electron chi connectivity index (χ4n) is 2.81. The van der Waals surface area contributed by atoms with Crippen molar-refractivity contribution in [2.75, 3.05) is 13.1 Å². The Labute approximate surface area is 145 Å². The van der Waals surface area contributed by atoms with Crippen LogP contribution >= 0.6 is 22.9 Å². The van der Waals surface area contributed by atoms with Crippen molar-refractivity contribution in [1.82, 2.24) is 19.7 Å². The highest BCUT2D eigenvalue weighted by molar-refractivity contribution is 7.12. The van der Waals surface area contributed by atoms with Crippen LogP contribution in [0.15, 0.2) is 5.38 Å². The number of hydrogen-bond acceptors (Lipinski definition) is 4. The third-order valence-corrected chi connectivity index (χ3v) is 5.80. The zero-order valence-corrected chi connectivity index (χ0v) is 15.2. The first-order chi connectivity index (χ1) is 11.0. The van der Waals surface area contributed by atoms with Crippen molar-refractivity contribution in [3.8, 4) is 5.13 Å². The third kappa shape index (κ3) is 3.43. The number of nitrogens with zero attached hydrogens (tertiary/aromatic N) is 4. The summed E-state index contributed by atoms with van der Waals surface area (Å²) >= 11 is 7.67. The van der Waals surface area contributed by atoms with Crippen LogP contribution in [0.2, 0.25) is 5.02 Å². The highest BCUT2D eigenvalue weighted by atomic mass is 35.5. The summed E-state index contributed by atoms with van der Waals surface area (Å²) in [4.78, 5) is 18.9. The monoisotopic (exact) mass is 352 g/mol. The van der Waals surface area contributed by atoms with Crippen molar-refractivity contribution in [1.29, 1.82) is 0 Å². The maximum atomic E-state index is 12.4. The Morgan fingerprint density at radius 3 is 2.70 bits per heavy atom. The standard InChI is InChI=1S/C16H21ClN4OS/c1-10-4-6-20(7-5-10)14(22)8-13-9-23-16(18-13)21-12(3)15(17)11(2)19-21/h9-10H,4-8H2,1-3H3. The largest absolute Gasteiger partial charge is 0.342 e. The van der Waals surface area contributed by atoms with E-state index in [1.54, 1.807) is 4.68 Å². The lowest BCUT2D eigenvalue weighted by molar-refractivity contribution is -0.131. The number of piperidine rings is 1. The molecule has 5 nitrogen and oxygen atoms in total. The minimum atomic E-state index is 0.167. The van der Waals surface area contributed by atoms with Gasteiger partial charge < -0.3 is 4.90 Å². The summed E-state index contributed by atoms with van der Waals surface area (Å²) in [5.41, 5.74) is 2.47. The quantitative estimate of drug-likeness (QED) is 0.850. The van der Waals surface area contributed by atoms with E-state index < -0.39 is 0 Å². The molecule has 23 heavy (non-hydrogen) atoms. The molecule has 0 saturated carbocycles. The molecule has 0 aliphatic carbocycles. The summed E-state index contributed by atoms with van der Waals surface area (Å²) in [6.07, 6.45) is 2.55. The average molecular weight is 353 g/mol. The predicted molar refractivity (Wildman–Crippen MR) is 92.4 cm³/mol. The summed E-state index contributed by atoms with van der Waals surface area (Å²) in [7, 11) is 0. The molecule has 0 atom stereocenters. The summed E-state index contributed by atoms with van der Waals surface area (Å²) in [5.74, 6) is 0.890. The number of carbonyl (C=O) groups excluding carboxylic acids is 1.